The molecule has 0 fully saturated rings. The van der Waals surface area contributed by atoms with E-state index in [0.29, 0.717) is 11.4 Å². The number of anilines is 2. The van der Waals surface area contributed by atoms with Gasteiger partial charge in [-0.3, -0.25) is 4.79 Å². The van der Waals surface area contributed by atoms with Gasteiger partial charge in [0, 0.05) is 11.4 Å². The Morgan fingerprint density at radius 1 is 1.05 bits per heavy atom. The number of carboxylic acid groups (broad SMARTS) is 1. The zero-order valence-corrected chi connectivity index (χ0v) is 9.88. The Kier molecular flexibility index (Phi) is 5.30. The average Bonchev–Trinajstić information content (AvgIpc) is 2.30. The van der Waals surface area contributed by atoms with Crippen LogP contribution in [0.15, 0.2) is 24.3 Å². The van der Waals surface area contributed by atoms with Gasteiger partial charge in [0.15, 0.2) is 0 Å². The summed E-state index contributed by atoms with van der Waals surface area (Å²) in [5, 5.41) is 13.2. The maximum absolute atomic E-state index is 11.3. The molecule has 1 rings (SSSR count). The molecule has 0 aliphatic carbocycles. The highest BCUT2D eigenvalue weighted by Gasteiger charge is 2.04. The number of urea groups is 1. The second-order valence-corrected chi connectivity index (χ2v) is 3.50. The first-order chi connectivity index (χ1) is 8.97. The van der Waals surface area contributed by atoms with Gasteiger partial charge in [-0.1, -0.05) is 0 Å². The molecule has 0 unspecified atom stereocenters. The highest BCUT2D eigenvalue weighted by Crippen LogP contribution is 2.13. The molecular formula is C11H13N3O5. The molecule has 0 radical (unpaired) electrons. The van der Waals surface area contributed by atoms with E-state index in [4.69, 9.17) is 10.8 Å². The van der Waals surface area contributed by atoms with Gasteiger partial charge in [0.1, 0.15) is 13.2 Å². The van der Waals surface area contributed by atoms with Crippen molar-refractivity contribution < 1.29 is 24.2 Å². The quantitative estimate of drug-likeness (QED) is 0.585. The van der Waals surface area contributed by atoms with Crippen LogP contribution in [0.2, 0.25) is 0 Å². The number of hydrogen-bond acceptors (Lipinski definition) is 4. The molecule has 0 aromatic heterocycles. The summed E-state index contributed by atoms with van der Waals surface area (Å²) in [6.07, 6.45) is 0. The second kappa shape index (κ2) is 6.97. The molecule has 0 spiro atoms. The number of rotatable bonds is 6. The normalized spacial score (nSPS) is 9.68. The zero-order chi connectivity index (χ0) is 14.3. The lowest BCUT2D eigenvalue weighted by atomic mass is 10.3. The highest BCUT2D eigenvalue weighted by atomic mass is 16.5. The predicted molar refractivity (Wildman–Crippen MR) is 66.7 cm³/mol. The number of benzene rings is 1. The van der Waals surface area contributed by atoms with Crippen LogP contribution in [-0.2, 0) is 14.3 Å². The lowest BCUT2D eigenvalue weighted by molar-refractivity contribution is -0.143. The van der Waals surface area contributed by atoms with E-state index in [0.717, 1.165) is 0 Å². The van der Waals surface area contributed by atoms with Crippen molar-refractivity contribution in [3.63, 3.8) is 0 Å². The Labute approximate surface area is 108 Å². The molecule has 1 aromatic rings. The predicted octanol–water partition coefficient (Wildman–Crippen LogP) is 0.217. The number of carboxylic acids is 1. The van der Waals surface area contributed by atoms with Crippen molar-refractivity contribution in [2.24, 2.45) is 5.73 Å². The lowest BCUT2D eigenvalue weighted by Gasteiger charge is -2.06. The van der Waals surface area contributed by atoms with Gasteiger partial charge in [-0.25, -0.2) is 9.59 Å². The molecule has 0 aliphatic rings. The van der Waals surface area contributed by atoms with Crippen molar-refractivity contribution in [1.82, 2.24) is 0 Å². The SMILES string of the molecule is NC(=O)Nc1ccc(NC(=O)COCC(=O)O)cc1. The Morgan fingerprint density at radius 2 is 1.58 bits per heavy atom. The van der Waals surface area contributed by atoms with Crippen LogP contribution < -0.4 is 16.4 Å². The summed E-state index contributed by atoms with van der Waals surface area (Å²) >= 11 is 0. The summed E-state index contributed by atoms with van der Waals surface area (Å²) in [6, 6.07) is 5.54. The first kappa shape index (κ1) is 14.5. The number of carbonyl (C=O) groups is 3. The molecule has 8 heteroatoms. The average molecular weight is 267 g/mol. The van der Waals surface area contributed by atoms with E-state index in [-0.39, 0.29) is 6.61 Å². The van der Waals surface area contributed by atoms with Crippen molar-refractivity contribution in [2.75, 3.05) is 23.8 Å². The summed E-state index contributed by atoms with van der Waals surface area (Å²) in [6.45, 7) is -0.886. The van der Waals surface area contributed by atoms with Crippen LogP contribution in [-0.4, -0.2) is 36.2 Å². The van der Waals surface area contributed by atoms with E-state index in [1.54, 1.807) is 24.3 Å². The molecule has 0 aliphatic heterocycles. The van der Waals surface area contributed by atoms with Crippen LogP contribution in [0.4, 0.5) is 16.2 Å². The minimum absolute atomic E-state index is 0.354. The van der Waals surface area contributed by atoms with Crippen molar-refractivity contribution in [3.05, 3.63) is 24.3 Å². The van der Waals surface area contributed by atoms with Gasteiger partial charge in [-0.2, -0.15) is 0 Å². The highest BCUT2D eigenvalue weighted by molar-refractivity contribution is 5.92. The number of amides is 3. The van der Waals surface area contributed by atoms with E-state index >= 15 is 0 Å². The van der Waals surface area contributed by atoms with E-state index in [9.17, 15) is 14.4 Å². The van der Waals surface area contributed by atoms with Crippen LogP contribution >= 0.6 is 0 Å². The fourth-order valence-electron chi connectivity index (χ4n) is 1.21. The van der Waals surface area contributed by atoms with Crippen molar-refractivity contribution in [1.29, 1.82) is 0 Å². The monoisotopic (exact) mass is 267 g/mol. The van der Waals surface area contributed by atoms with E-state index in [2.05, 4.69) is 15.4 Å². The Bertz CT molecular complexity index is 472. The van der Waals surface area contributed by atoms with Gasteiger partial charge in [0.2, 0.25) is 5.91 Å². The first-order valence-corrected chi connectivity index (χ1v) is 5.23. The number of aliphatic carboxylic acids is 1. The minimum Gasteiger partial charge on any atom is -0.480 e. The molecule has 0 saturated heterocycles. The molecule has 102 valence electrons. The Balaban J connectivity index is 2.42. The number of hydrogen-bond donors (Lipinski definition) is 4. The second-order valence-electron chi connectivity index (χ2n) is 3.50. The third kappa shape index (κ3) is 6.03. The largest absolute Gasteiger partial charge is 0.480 e. The molecular weight excluding hydrogens is 254 g/mol. The molecule has 1 aromatic carbocycles. The van der Waals surface area contributed by atoms with Gasteiger partial charge >= 0.3 is 12.0 Å². The Morgan fingerprint density at radius 3 is 2.05 bits per heavy atom. The van der Waals surface area contributed by atoms with Gasteiger partial charge in [0.25, 0.3) is 0 Å². The van der Waals surface area contributed by atoms with Crippen molar-refractivity contribution in [2.45, 2.75) is 0 Å². The molecule has 19 heavy (non-hydrogen) atoms. The Hall–Kier alpha value is -2.61. The summed E-state index contributed by atoms with van der Waals surface area (Å²) in [5.41, 5.74) is 5.92. The van der Waals surface area contributed by atoms with Crippen LogP contribution in [0.3, 0.4) is 0 Å². The van der Waals surface area contributed by atoms with Crippen molar-refractivity contribution in [3.8, 4) is 0 Å². The van der Waals surface area contributed by atoms with Gasteiger partial charge in [-0.15, -0.1) is 0 Å². The third-order valence-corrected chi connectivity index (χ3v) is 1.89. The molecule has 3 amide bonds. The van der Waals surface area contributed by atoms with E-state index in [1.165, 1.54) is 0 Å². The maximum atomic E-state index is 11.3. The lowest BCUT2D eigenvalue weighted by Crippen LogP contribution is -2.21. The van der Waals surface area contributed by atoms with Gasteiger partial charge in [0.05, 0.1) is 0 Å². The van der Waals surface area contributed by atoms with Crippen LogP contribution in [0.1, 0.15) is 0 Å². The maximum Gasteiger partial charge on any atom is 0.329 e. The number of nitrogens with one attached hydrogen (secondary N) is 2. The standard InChI is InChI=1S/C11H13N3O5/c12-11(18)14-8-3-1-7(2-4-8)13-9(15)5-19-6-10(16)17/h1-4H,5-6H2,(H,13,15)(H,16,17)(H3,12,14,18). The minimum atomic E-state index is -1.14. The number of nitrogens with two attached hydrogens (primary N) is 1. The molecule has 0 saturated carbocycles. The third-order valence-electron chi connectivity index (χ3n) is 1.89. The molecule has 0 bridgehead atoms. The van der Waals surface area contributed by atoms with E-state index in [1.807, 2.05) is 0 Å². The van der Waals surface area contributed by atoms with E-state index < -0.39 is 24.5 Å². The zero-order valence-electron chi connectivity index (χ0n) is 9.88. The number of primary amides is 1. The molecule has 8 nitrogen and oxygen atoms in total. The van der Waals surface area contributed by atoms with Gasteiger partial charge < -0.3 is 26.2 Å². The molecule has 0 heterocycles. The van der Waals surface area contributed by atoms with Crippen LogP contribution in [0, 0.1) is 0 Å². The summed E-state index contributed by atoms with van der Waals surface area (Å²) in [4.78, 5) is 32.1. The van der Waals surface area contributed by atoms with Crippen molar-refractivity contribution >= 4 is 29.3 Å². The smallest absolute Gasteiger partial charge is 0.329 e. The van der Waals surface area contributed by atoms with Gasteiger partial charge in [-0.05, 0) is 24.3 Å². The van der Waals surface area contributed by atoms with Crippen LogP contribution in [0.25, 0.3) is 0 Å². The number of ether oxygens (including phenoxy) is 1. The summed E-state index contributed by atoms with van der Waals surface area (Å²) < 4.78 is 4.62. The summed E-state index contributed by atoms with van der Waals surface area (Å²) in [7, 11) is 0. The fourth-order valence-corrected chi connectivity index (χ4v) is 1.21. The number of carbonyl (C=O) groups excluding carboxylic acids is 2. The topological polar surface area (TPSA) is 131 Å². The van der Waals surface area contributed by atoms with Crippen LogP contribution in [0.5, 0.6) is 0 Å². The summed E-state index contributed by atoms with van der Waals surface area (Å²) in [5.74, 6) is -1.62. The first-order valence-electron chi connectivity index (χ1n) is 5.23. The molecule has 0 atom stereocenters. The molecule has 5 N–H and O–H groups in total. The fraction of sp³-hybridized carbons (Fsp3) is 0.182.